The fourth-order valence-electron chi connectivity index (χ4n) is 2.00. The lowest BCUT2D eigenvalue weighted by Gasteiger charge is -2.13. The molecule has 0 radical (unpaired) electrons. The Labute approximate surface area is 139 Å². The summed E-state index contributed by atoms with van der Waals surface area (Å²) in [5.74, 6) is 0.479. The zero-order valence-corrected chi connectivity index (χ0v) is 14.0. The number of oxazole rings is 1. The molecule has 0 atom stereocenters. The van der Waals surface area contributed by atoms with Gasteiger partial charge in [0.1, 0.15) is 11.3 Å². The second kappa shape index (κ2) is 6.69. The van der Waals surface area contributed by atoms with E-state index >= 15 is 0 Å². The number of nitrogens with zero attached hydrogens (tertiary/aromatic N) is 2. The molecule has 0 fully saturated rings. The van der Waals surface area contributed by atoms with E-state index in [1.165, 1.54) is 25.3 Å². The summed E-state index contributed by atoms with van der Waals surface area (Å²) in [5, 5.41) is 14.0. The Morgan fingerprint density at radius 2 is 2.12 bits per heavy atom. The van der Waals surface area contributed by atoms with E-state index in [0.29, 0.717) is 11.6 Å². The van der Waals surface area contributed by atoms with E-state index in [9.17, 15) is 14.9 Å². The molecular weight excluding hydrogens is 314 g/mol. The quantitative estimate of drug-likeness (QED) is 0.508. The first kappa shape index (κ1) is 17.5. The van der Waals surface area contributed by atoms with E-state index in [4.69, 9.17) is 4.42 Å². The van der Waals surface area contributed by atoms with Crippen LogP contribution in [-0.2, 0) is 16.7 Å². The number of anilines is 1. The van der Waals surface area contributed by atoms with Crippen LogP contribution in [0.15, 0.2) is 28.8 Å². The summed E-state index contributed by atoms with van der Waals surface area (Å²) < 4.78 is 10.2. The number of rotatable bonds is 5. The molecule has 2 aromatic rings. The summed E-state index contributed by atoms with van der Waals surface area (Å²) in [6.45, 7) is 6.34. The average Bonchev–Trinajstić information content (AvgIpc) is 3.01. The lowest BCUT2D eigenvalue weighted by molar-refractivity contribution is -0.385. The zero-order chi connectivity index (χ0) is 17.9. The first-order chi connectivity index (χ1) is 11.2. The van der Waals surface area contributed by atoms with Gasteiger partial charge >= 0.3 is 5.97 Å². The molecule has 0 aliphatic carbocycles. The van der Waals surface area contributed by atoms with Crippen LogP contribution in [0.5, 0.6) is 0 Å². The third-order valence-electron chi connectivity index (χ3n) is 3.34. The van der Waals surface area contributed by atoms with E-state index in [2.05, 4.69) is 15.0 Å². The molecule has 8 nitrogen and oxygen atoms in total. The Kier molecular flexibility index (Phi) is 4.87. The van der Waals surface area contributed by atoms with Crippen molar-refractivity contribution in [2.45, 2.75) is 32.7 Å². The topological polar surface area (TPSA) is 108 Å². The Bertz CT molecular complexity index is 761. The van der Waals surface area contributed by atoms with Crippen LogP contribution in [-0.4, -0.2) is 23.0 Å². The molecule has 0 saturated carbocycles. The smallest absolute Gasteiger partial charge is 0.344 e. The molecule has 0 aliphatic rings. The number of nitrogens with one attached hydrogen (secondary N) is 1. The minimum absolute atomic E-state index is 0.115. The SMILES string of the molecule is COC(=O)c1cc(NCc2ncc(C(C)(C)C)o2)ccc1[N+](=O)[O-]. The van der Waals surface area contributed by atoms with E-state index in [1.54, 1.807) is 6.20 Å². The molecule has 1 heterocycles. The fourth-order valence-corrected chi connectivity index (χ4v) is 2.00. The van der Waals surface area contributed by atoms with Gasteiger partial charge in [-0.2, -0.15) is 0 Å². The van der Waals surface area contributed by atoms with Gasteiger partial charge in [0.05, 0.1) is 24.8 Å². The van der Waals surface area contributed by atoms with Crippen molar-refractivity contribution in [3.8, 4) is 0 Å². The summed E-state index contributed by atoms with van der Waals surface area (Å²) in [4.78, 5) is 26.2. The number of nitro benzene ring substituents is 1. The van der Waals surface area contributed by atoms with Crippen LogP contribution in [0, 0.1) is 10.1 Å². The Morgan fingerprint density at radius 3 is 2.67 bits per heavy atom. The van der Waals surface area contributed by atoms with Crippen LogP contribution < -0.4 is 5.32 Å². The number of methoxy groups -OCH3 is 1. The van der Waals surface area contributed by atoms with E-state index in [1.807, 2.05) is 20.8 Å². The largest absolute Gasteiger partial charge is 0.465 e. The number of carbonyl (C=O) groups excluding carboxylic acids is 1. The number of ether oxygens (including phenoxy) is 1. The Morgan fingerprint density at radius 1 is 1.42 bits per heavy atom. The molecule has 1 aromatic heterocycles. The molecule has 8 heteroatoms. The van der Waals surface area contributed by atoms with Crippen LogP contribution in [0.1, 0.15) is 42.8 Å². The van der Waals surface area contributed by atoms with Crippen molar-refractivity contribution < 1.29 is 18.9 Å². The maximum atomic E-state index is 11.7. The molecule has 2 rings (SSSR count). The van der Waals surface area contributed by atoms with Crippen molar-refractivity contribution in [1.29, 1.82) is 0 Å². The van der Waals surface area contributed by atoms with Gasteiger partial charge in [0.25, 0.3) is 5.69 Å². The summed E-state index contributed by atoms with van der Waals surface area (Å²) in [6.07, 6.45) is 1.67. The van der Waals surface area contributed by atoms with Gasteiger partial charge < -0.3 is 14.5 Å². The number of nitro groups is 1. The highest BCUT2D eigenvalue weighted by Gasteiger charge is 2.22. The van der Waals surface area contributed by atoms with Gasteiger partial charge in [-0.3, -0.25) is 10.1 Å². The van der Waals surface area contributed by atoms with Gasteiger partial charge in [0, 0.05) is 17.2 Å². The van der Waals surface area contributed by atoms with Gasteiger partial charge in [-0.15, -0.1) is 0 Å². The summed E-state index contributed by atoms with van der Waals surface area (Å²) in [7, 11) is 1.17. The number of hydrogen-bond donors (Lipinski definition) is 1. The molecular formula is C16H19N3O5. The molecule has 0 spiro atoms. The maximum absolute atomic E-state index is 11.7. The highest BCUT2D eigenvalue weighted by atomic mass is 16.6. The highest BCUT2D eigenvalue weighted by Crippen LogP contribution is 2.25. The van der Waals surface area contributed by atoms with Gasteiger partial charge in [-0.1, -0.05) is 20.8 Å². The molecule has 0 saturated heterocycles. The second-order valence-corrected chi connectivity index (χ2v) is 6.20. The lowest BCUT2D eigenvalue weighted by Crippen LogP contribution is -2.09. The lowest BCUT2D eigenvalue weighted by atomic mass is 9.94. The number of benzene rings is 1. The van der Waals surface area contributed by atoms with Crippen molar-refractivity contribution in [1.82, 2.24) is 4.98 Å². The third-order valence-corrected chi connectivity index (χ3v) is 3.34. The van der Waals surface area contributed by atoms with E-state index < -0.39 is 10.9 Å². The van der Waals surface area contributed by atoms with Crippen molar-refractivity contribution in [2.75, 3.05) is 12.4 Å². The molecule has 0 unspecified atom stereocenters. The highest BCUT2D eigenvalue weighted by molar-refractivity contribution is 5.95. The molecule has 0 aliphatic heterocycles. The second-order valence-electron chi connectivity index (χ2n) is 6.20. The number of esters is 1. The van der Waals surface area contributed by atoms with Crippen molar-refractivity contribution in [3.05, 3.63) is 51.7 Å². The summed E-state index contributed by atoms with van der Waals surface area (Å²) >= 11 is 0. The van der Waals surface area contributed by atoms with E-state index in [0.717, 1.165) is 5.76 Å². The molecule has 1 aromatic carbocycles. The predicted octanol–water partition coefficient (Wildman–Crippen LogP) is 3.28. The minimum Gasteiger partial charge on any atom is -0.465 e. The predicted molar refractivity (Wildman–Crippen MR) is 87.0 cm³/mol. The van der Waals surface area contributed by atoms with Crippen LogP contribution in [0.2, 0.25) is 0 Å². The number of aromatic nitrogens is 1. The van der Waals surface area contributed by atoms with Crippen molar-refractivity contribution in [3.63, 3.8) is 0 Å². The van der Waals surface area contributed by atoms with Gasteiger partial charge in [-0.25, -0.2) is 9.78 Å². The van der Waals surface area contributed by atoms with Gasteiger partial charge in [0.15, 0.2) is 0 Å². The fraction of sp³-hybridized carbons (Fsp3) is 0.375. The van der Waals surface area contributed by atoms with Crippen LogP contribution >= 0.6 is 0 Å². The van der Waals surface area contributed by atoms with Crippen LogP contribution in [0.4, 0.5) is 11.4 Å². The van der Waals surface area contributed by atoms with Crippen LogP contribution in [0.25, 0.3) is 0 Å². The number of carbonyl (C=O) groups is 1. The van der Waals surface area contributed by atoms with Crippen molar-refractivity contribution >= 4 is 17.3 Å². The summed E-state index contributed by atoms with van der Waals surface area (Å²) in [6, 6.07) is 4.14. The molecule has 0 bridgehead atoms. The normalized spacial score (nSPS) is 11.2. The maximum Gasteiger partial charge on any atom is 0.344 e. The minimum atomic E-state index is -0.767. The molecule has 1 N–H and O–H groups in total. The third kappa shape index (κ3) is 3.89. The molecule has 24 heavy (non-hydrogen) atoms. The molecule has 128 valence electrons. The number of hydrogen-bond acceptors (Lipinski definition) is 7. The van der Waals surface area contributed by atoms with Gasteiger partial charge in [-0.05, 0) is 12.1 Å². The first-order valence-corrected chi connectivity index (χ1v) is 7.28. The van der Waals surface area contributed by atoms with Crippen LogP contribution in [0.3, 0.4) is 0 Å². The van der Waals surface area contributed by atoms with Crippen molar-refractivity contribution in [2.24, 2.45) is 0 Å². The van der Waals surface area contributed by atoms with Gasteiger partial charge in [0.2, 0.25) is 5.89 Å². The first-order valence-electron chi connectivity index (χ1n) is 7.28. The Balaban J connectivity index is 2.17. The average molecular weight is 333 g/mol. The monoisotopic (exact) mass is 333 g/mol. The molecule has 0 amide bonds. The Hall–Kier alpha value is -2.90. The zero-order valence-electron chi connectivity index (χ0n) is 14.0. The standard InChI is InChI=1S/C16H19N3O5/c1-16(2,3)13-8-18-14(24-13)9-17-10-5-6-12(19(21)22)11(7-10)15(20)23-4/h5-8,17H,9H2,1-4H3. The summed E-state index contributed by atoms with van der Waals surface area (Å²) in [5.41, 5.74) is -0.0400. The van der Waals surface area contributed by atoms with E-state index in [-0.39, 0.29) is 23.2 Å².